The number of carbonyl (C=O) groups is 1. The third-order valence-corrected chi connectivity index (χ3v) is 13.0. The predicted molar refractivity (Wildman–Crippen MR) is 142 cm³/mol. The number of fused-ring (bicyclic) bond motifs is 5. The van der Waals surface area contributed by atoms with Crippen LogP contribution in [0.25, 0.3) is 0 Å². The fourth-order valence-electron chi connectivity index (χ4n) is 10.7. The quantitative estimate of drug-likeness (QED) is 0.582. The number of piperazine rings is 1. The molecule has 5 saturated carbocycles. The zero-order valence-electron chi connectivity index (χ0n) is 23.0. The van der Waals surface area contributed by atoms with Gasteiger partial charge in [-0.15, -0.1) is 0 Å². The summed E-state index contributed by atoms with van der Waals surface area (Å²) in [5, 5.41) is 22.1. The van der Waals surface area contributed by atoms with E-state index in [-0.39, 0.29) is 23.7 Å². The number of carbonyl (C=O) groups excluding carboxylic acids is 1. The van der Waals surface area contributed by atoms with E-state index in [0.29, 0.717) is 29.1 Å². The molecule has 0 spiro atoms. The fraction of sp³-hybridized carbons (Fsp3) is 0.968. The normalized spacial score (nSPS) is 48.2. The fourth-order valence-corrected chi connectivity index (χ4v) is 10.7. The zero-order chi connectivity index (χ0) is 25.1. The van der Waals surface area contributed by atoms with Crippen LogP contribution in [0.2, 0.25) is 0 Å². The van der Waals surface area contributed by atoms with Gasteiger partial charge in [0.05, 0.1) is 12.2 Å². The van der Waals surface area contributed by atoms with Gasteiger partial charge in [-0.2, -0.15) is 0 Å². The van der Waals surface area contributed by atoms with Crippen molar-refractivity contribution in [3.8, 4) is 0 Å². The lowest BCUT2D eigenvalue weighted by atomic mass is 9.44. The minimum absolute atomic E-state index is 0.105. The number of aliphatic hydroxyl groups excluding tert-OH is 2. The minimum atomic E-state index is -0.230. The van der Waals surface area contributed by atoms with Crippen LogP contribution in [0.1, 0.15) is 104 Å². The first-order valence-electron chi connectivity index (χ1n) is 15.7. The van der Waals surface area contributed by atoms with Crippen molar-refractivity contribution in [1.29, 1.82) is 0 Å². The highest BCUT2D eigenvalue weighted by molar-refractivity contribution is 5.76. The molecule has 0 aromatic rings. The molecular formula is C31H52N2O3. The second-order valence-electron chi connectivity index (χ2n) is 14.5. The molecule has 0 bridgehead atoms. The summed E-state index contributed by atoms with van der Waals surface area (Å²) < 4.78 is 0. The summed E-state index contributed by atoms with van der Waals surface area (Å²) in [5.41, 5.74) is 0.439. The molecule has 1 amide bonds. The van der Waals surface area contributed by atoms with Gasteiger partial charge < -0.3 is 15.1 Å². The maximum absolute atomic E-state index is 13.0. The second-order valence-corrected chi connectivity index (χ2v) is 14.5. The van der Waals surface area contributed by atoms with Gasteiger partial charge >= 0.3 is 0 Å². The van der Waals surface area contributed by atoms with Gasteiger partial charge in [0.1, 0.15) is 0 Å². The summed E-state index contributed by atoms with van der Waals surface area (Å²) in [4.78, 5) is 17.7. The number of hydrogen-bond donors (Lipinski definition) is 2. The zero-order valence-corrected chi connectivity index (χ0v) is 23.0. The van der Waals surface area contributed by atoms with Crippen LogP contribution in [-0.4, -0.2) is 70.3 Å². The molecule has 9 atom stereocenters. The van der Waals surface area contributed by atoms with Gasteiger partial charge in [-0.3, -0.25) is 9.69 Å². The van der Waals surface area contributed by atoms with Crippen LogP contribution in [0.5, 0.6) is 0 Å². The van der Waals surface area contributed by atoms with Gasteiger partial charge in [0.15, 0.2) is 0 Å². The molecule has 1 heterocycles. The summed E-state index contributed by atoms with van der Waals surface area (Å²) in [6.07, 6.45) is 16.1. The lowest BCUT2D eigenvalue weighted by Crippen LogP contribution is -2.62. The Morgan fingerprint density at radius 1 is 0.833 bits per heavy atom. The van der Waals surface area contributed by atoms with E-state index in [4.69, 9.17) is 0 Å². The Hall–Kier alpha value is -0.650. The molecule has 1 saturated heterocycles. The monoisotopic (exact) mass is 500 g/mol. The van der Waals surface area contributed by atoms with Gasteiger partial charge in [-0.1, -0.05) is 33.1 Å². The SMILES string of the molecule is C[C@]12C[C@H](N3CCN(C(=O)CC4CCCCC4)CC3)[C@@H](O)C[C@@H]1CC[C@@H]1[C@@H]2CC[C@]2(C)[C@@H](O)CC[C@@H]12. The highest BCUT2D eigenvalue weighted by Crippen LogP contribution is 2.66. The molecule has 6 aliphatic rings. The first-order chi connectivity index (χ1) is 17.3. The molecule has 5 aliphatic carbocycles. The molecule has 1 aliphatic heterocycles. The maximum Gasteiger partial charge on any atom is 0.222 e. The molecule has 0 radical (unpaired) electrons. The lowest BCUT2D eigenvalue weighted by Gasteiger charge is -2.62. The van der Waals surface area contributed by atoms with Crippen molar-refractivity contribution in [3.63, 3.8) is 0 Å². The van der Waals surface area contributed by atoms with Crippen molar-refractivity contribution in [1.82, 2.24) is 9.80 Å². The van der Waals surface area contributed by atoms with E-state index in [9.17, 15) is 15.0 Å². The second kappa shape index (κ2) is 9.83. The van der Waals surface area contributed by atoms with Gasteiger partial charge in [-0.05, 0) is 105 Å². The van der Waals surface area contributed by atoms with Gasteiger partial charge in [0, 0.05) is 38.6 Å². The van der Waals surface area contributed by atoms with Crippen molar-refractivity contribution >= 4 is 5.91 Å². The first kappa shape index (κ1) is 25.6. The molecule has 0 aromatic carbocycles. The van der Waals surface area contributed by atoms with E-state index < -0.39 is 0 Å². The Bertz CT molecular complexity index is 806. The number of aliphatic hydroxyl groups is 2. The molecule has 6 rings (SSSR count). The topological polar surface area (TPSA) is 64.0 Å². The van der Waals surface area contributed by atoms with Gasteiger partial charge in [0.2, 0.25) is 5.91 Å². The van der Waals surface area contributed by atoms with E-state index >= 15 is 0 Å². The Labute approximate surface area is 219 Å². The summed E-state index contributed by atoms with van der Waals surface area (Å²) in [7, 11) is 0. The van der Waals surface area contributed by atoms with Crippen LogP contribution < -0.4 is 0 Å². The standard InChI is InChI=1S/C31H52N2O3/c1-30-13-12-25-23(24(30)10-11-28(30)35)9-8-22-19-27(34)26(20-31(22,25)2)32-14-16-33(17-15-32)29(36)18-21-6-4-3-5-7-21/h21-28,34-35H,3-20H2,1-2H3/t22-,23-,24-,25-,26-,27-,28-,30-,31-/m0/s1. The number of amides is 1. The predicted octanol–water partition coefficient (Wildman–Crippen LogP) is 4.84. The van der Waals surface area contributed by atoms with E-state index in [2.05, 4.69) is 23.6 Å². The van der Waals surface area contributed by atoms with Crippen LogP contribution in [0.4, 0.5) is 0 Å². The lowest BCUT2D eigenvalue weighted by molar-refractivity contribution is -0.157. The Morgan fingerprint density at radius 2 is 1.56 bits per heavy atom. The van der Waals surface area contributed by atoms with E-state index in [1.807, 2.05) is 0 Å². The molecule has 0 unspecified atom stereocenters. The molecular weight excluding hydrogens is 448 g/mol. The van der Waals surface area contributed by atoms with E-state index in [0.717, 1.165) is 63.7 Å². The summed E-state index contributed by atoms with van der Waals surface area (Å²) in [6.45, 7) is 8.45. The maximum atomic E-state index is 13.0. The van der Waals surface area contributed by atoms with Crippen molar-refractivity contribution in [3.05, 3.63) is 0 Å². The molecule has 6 fully saturated rings. The van der Waals surface area contributed by atoms with Gasteiger partial charge in [0.25, 0.3) is 0 Å². The highest BCUT2D eigenvalue weighted by Gasteiger charge is 2.61. The molecule has 0 aromatic heterocycles. The molecule has 204 valence electrons. The van der Waals surface area contributed by atoms with E-state index in [1.165, 1.54) is 64.2 Å². The Morgan fingerprint density at radius 3 is 2.31 bits per heavy atom. The van der Waals surface area contributed by atoms with Crippen LogP contribution in [0, 0.1) is 40.4 Å². The average Bonchev–Trinajstić information content (AvgIpc) is 3.19. The number of nitrogens with zero attached hydrogens (tertiary/aromatic N) is 2. The third-order valence-electron chi connectivity index (χ3n) is 13.0. The molecule has 5 heteroatoms. The Balaban J connectivity index is 1.10. The van der Waals surface area contributed by atoms with Gasteiger partial charge in [-0.25, -0.2) is 0 Å². The highest BCUT2D eigenvalue weighted by atomic mass is 16.3. The van der Waals surface area contributed by atoms with Crippen molar-refractivity contribution < 1.29 is 15.0 Å². The molecule has 5 nitrogen and oxygen atoms in total. The van der Waals surface area contributed by atoms with E-state index in [1.54, 1.807) is 0 Å². The number of rotatable bonds is 3. The van der Waals surface area contributed by atoms with Crippen molar-refractivity contribution in [2.75, 3.05) is 26.2 Å². The van der Waals surface area contributed by atoms with Crippen molar-refractivity contribution in [2.24, 2.45) is 40.4 Å². The summed E-state index contributed by atoms with van der Waals surface area (Å²) >= 11 is 0. The van der Waals surface area contributed by atoms with Crippen LogP contribution in [-0.2, 0) is 4.79 Å². The molecule has 36 heavy (non-hydrogen) atoms. The Kier molecular flexibility index (Phi) is 6.99. The third kappa shape index (κ3) is 4.28. The van der Waals surface area contributed by atoms with Crippen LogP contribution >= 0.6 is 0 Å². The smallest absolute Gasteiger partial charge is 0.222 e. The number of hydrogen-bond acceptors (Lipinski definition) is 4. The summed E-state index contributed by atoms with van der Waals surface area (Å²) in [5.74, 6) is 3.81. The van der Waals surface area contributed by atoms with Crippen LogP contribution in [0.15, 0.2) is 0 Å². The first-order valence-corrected chi connectivity index (χ1v) is 15.7. The largest absolute Gasteiger partial charge is 0.393 e. The minimum Gasteiger partial charge on any atom is -0.393 e. The van der Waals surface area contributed by atoms with Crippen molar-refractivity contribution in [2.45, 2.75) is 122 Å². The average molecular weight is 501 g/mol. The van der Waals surface area contributed by atoms with Crippen LogP contribution in [0.3, 0.4) is 0 Å². The summed E-state index contributed by atoms with van der Waals surface area (Å²) in [6, 6.07) is 0.239. The molecule has 2 N–H and O–H groups in total.